The molecule has 1 aromatic heterocycles. The van der Waals surface area contributed by atoms with Gasteiger partial charge in [-0.05, 0) is 68.0 Å². The Morgan fingerprint density at radius 2 is 1.60 bits per heavy atom. The van der Waals surface area contributed by atoms with E-state index in [-0.39, 0.29) is 17.7 Å². The molecule has 3 aromatic rings. The minimum Gasteiger partial charge on any atom is -0.339 e. The Bertz CT molecular complexity index is 1240. The van der Waals surface area contributed by atoms with Gasteiger partial charge in [-0.2, -0.15) is 0 Å². The van der Waals surface area contributed by atoms with Crippen molar-refractivity contribution in [3.8, 4) is 10.4 Å². The van der Waals surface area contributed by atoms with Gasteiger partial charge in [0, 0.05) is 42.2 Å². The highest BCUT2D eigenvalue weighted by Crippen LogP contribution is 2.41. The van der Waals surface area contributed by atoms with Gasteiger partial charge in [-0.15, -0.1) is 11.3 Å². The fourth-order valence-corrected chi connectivity index (χ4v) is 6.07. The average Bonchev–Trinajstić information content (AvgIpc) is 3.47. The summed E-state index contributed by atoms with van der Waals surface area (Å²) in [7, 11) is 0. The van der Waals surface area contributed by atoms with Crippen molar-refractivity contribution in [2.24, 2.45) is 0 Å². The number of hydrogen-bond donors (Lipinski definition) is 1. The maximum absolute atomic E-state index is 13.6. The molecule has 3 heterocycles. The molecule has 180 valence electrons. The van der Waals surface area contributed by atoms with E-state index in [1.165, 1.54) is 11.3 Å². The molecule has 3 amide bonds. The SMILES string of the molecule is Cc1c(-c2ccccc2)sc(NC(=O)c2ccc(N3CCCC3=O)cc2)c1C(=O)N1CCCCC1. The summed E-state index contributed by atoms with van der Waals surface area (Å²) in [5.74, 6) is -0.165. The van der Waals surface area contributed by atoms with E-state index < -0.39 is 0 Å². The zero-order chi connectivity index (χ0) is 24.4. The summed E-state index contributed by atoms with van der Waals surface area (Å²) in [5.41, 5.74) is 3.81. The molecule has 2 aromatic carbocycles. The Morgan fingerprint density at radius 3 is 2.26 bits per heavy atom. The molecular weight excluding hydrogens is 458 g/mol. The zero-order valence-electron chi connectivity index (χ0n) is 19.9. The Hall–Kier alpha value is -3.45. The Balaban J connectivity index is 1.44. The van der Waals surface area contributed by atoms with E-state index in [0.29, 0.717) is 29.1 Å². The Kier molecular flexibility index (Phi) is 6.68. The second-order valence-electron chi connectivity index (χ2n) is 9.13. The number of rotatable bonds is 5. The minimum absolute atomic E-state index is 0.0150. The first-order chi connectivity index (χ1) is 17.0. The second kappa shape index (κ2) is 10.0. The normalized spacial score (nSPS) is 16.0. The summed E-state index contributed by atoms with van der Waals surface area (Å²) in [5, 5.41) is 3.61. The summed E-state index contributed by atoms with van der Waals surface area (Å²) in [4.78, 5) is 43.5. The topological polar surface area (TPSA) is 69.7 Å². The molecule has 0 saturated carbocycles. The fourth-order valence-electron chi connectivity index (χ4n) is 4.87. The molecule has 2 aliphatic heterocycles. The third-order valence-corrected chi connectivity index (χ3v) is 8.04. The highest BCUT2D eigenvalue weighted by atomic mass is 32.1. The zero-order valence-corrected chi connectivity index (χ0v) is 20.7. The predicted molar refractivity (Wildman–Crippen MR) is 140 cm³/mol. The summed E-state index contributed by atoms with van der Waals surface area (Å²) in [6.07, 6.45) is 4.58. The number of hydrogen-bond acceptors (Lipinski definition) is 4. The highest BCUT2D eigenvalue weighted by molar-refractivity contribution is 7.20. The van der Waals surface area contributed by atoms with Gasteiger partial charge >= 0.3 is 0 Å². The van der Waals surface area contributed by atoms with E-state index in [4.69, 9.17) is 0 Å². The van der Waals surface area contributed by atoms with Gasteiger partial charge in [0.25, 0.3) is 11.8 Å². The molecule has 0 atom stereocenters. The molecule has 0 spiro atoms. The lowest BCUT2D eigenvalue weighted by Gasteiger charge is -2.27. The highest BCUT2D eigenvalue weighted by Gasteiger charge is 2.28. The first-order valence-corrected chi connectivity index (χ1v) is 13.0. The number of nitrogens with one attached hydrogen (secondary N) is 1. The van der Waals surface area contributed by atoms with Gasteiger partial charge in [0.1, 0.15) is 5.00 Å². The molecule has 0 radical (unpaired) electrons. The van der Waals surface area contributed by atoms with Gasteiger partial charge in [0.05, 0.1) is 5.56 Å². The molecule has 5 rings (SSSR count). The smallest absolute Gasteiger partial charge is 0.257 e. The maximum Gasteiger partial charge on any atom is 0.257 e. The fraction of sp³-hybridized carbons (Fsp3) is 0.321. The number of piperidine rings is 1. The van der Waals surface area contributed by atoms with Crippen LogP contribution in [0.15, 0.2) is 54.6 Å². The van der Waals surface area contributed by atoms with Crippen molar-refractivity contribution in [1.29, 1.82) is 0 Å². The number of carbonyl (C=O) groups excluding carboxylic acids is 3. The Morgan fingerprint density at radius 1 is 0.886 bits per heavy atom. The van der Waals surface area contributed by atoms with Crippen LogP contribution in [0.4, 0.5) is 10.7 Å². The molecule has 2 fully saturated rings. The quantitative estimate of drug-likeness (QED) is 0.500. The summed E-state index contributed by atoms with van der Waals surface area (Å²) in [6.45, 7) is 4.17. The number of thiophene rings is 1. The standard InChI is InChI=1S/C28H29N3O3S/c1-19-24(28(34)30-16-6-3-7-17-30)27(35-25(19)20-9-4-2-5-10-20)29-26(33)21-12-14-22(15-13-21)31-18-8-11-23(31)32/h2,4-5,9-10,12-15H,3,6-8,11,16-18H2,1H3,(H,29,33). The monoisotopic (exact) mass is 487 g/mol. The molecule has 0 aliphatic carbocycles. The molecule has 35 heavy (non-hydrogen) atoms. The third-order valence-electron chi connectivity index (χ3n) is 6.78. The van der Waals surface area contributed by atoms with Crippen LogP contribution in [0.5, 0.6) is 0 Å². The van der Waals surface area contributed by atoms with E-state index in [0.717, 1.165) is 60.5 Å². The van der Waals surface area contributed by atoms with Crippen molar-refractivity contribution in [2.75, 3.05) is 29.9 Å². The maximum atomic E-state index is 13.6. The van der Waals surface area contributed by atoms with Crippen molar-refractivity contribution < 1.29 is 14.4 Å². The third kappa shape index (κ3) is 4.73. The van der Waals surface area contributed by atoms with E-state index in [1.807, 2.05) is 54.3 Å². The van der Waals surface area contributed by atoms with Crippen LogP contribution in [0, 0.1) is 6.92 Å². The molecular formula is C28H29N3O3S. The lowest BCUT2D eigenvalue weighted by atomic mass is 10.0. The predicted octanol–water partition coefficient (Wildman–Crippen LogP) is 5.73. The largest absolute Gasteiger partial charge is 0.339 e. The van der Waals surface area contributed by atoms with Gasteiger partial charge in [-0.25, -0.2) is 0 Å². The molecule has 2 aliphatic rings. The molecule has 0 unspecified atom stereocenters. The molecule has 1 N–H and O–H groups in total. The van der Waals surface area contributed by atoms with Gasteiger partial charge in [-0.3, -0.25) is 14.4 Å². The van der Waals surface area contributed by atoms with Crippen molar-refractivity contribution in [3.05, 3.63) is 71.3 Å². The van der Waals surface area contributed by atoms with Crippen LogP contribution in [0.1, 0.15) is 58.4 Å². The first-order valence-electron chi connectivity index (χ1n) is 12.2. The molecule has 2 saturated heterocycles. The van der Waals surface area contributed by atoms with Crippen molar-refractivity contribution in [2.45, 2.75) is 39.0 Å². The van der Waals surface area contributed by atoms with Crippen LogP contribution in [0.2, 0.25) is 0 Å². The first kappa shape index (κ1) is 23.3. The number of carbonyl (C=O) groups is 3. The van der Waals surface area contributed by atoms with Crippen molar-refractivity contribution in [1.82, 2.24) is 4.90 Å². The van der Waals surface area contributed by atoms with E-state index >= 15 is 0 Å². The van der Waals surface area contributed by atoms with Crippen LogP contribution in [-0.2, 0) is 4.79 Å². The van der Waals surface area contributed by atoms with Crippen LogP contribution in [0.25, 0.3) is 10.4 Å². The number of likely N-dealkylation sites (tertiary alicyclic amines) is 1. The molecule has 6 nitrogen and oxygen atoms in total. The number of benzene rings is 2. The number of amides is 3. The van der Waals surface area contributed by atoms with E-state index in [1.54, 1.807) is 17.0 Å². The molecule has 0 bridgehead atoms. The van der Waals surface area contributed by atoms with Gasteiger partial charge in [0.15, 0.2) is 0 Å². The second-order valence-corrected chi connectivity index (χ2v) is 10.1. The van der Waals surface area contributed by atoms with Crippen LogP contribution < -0.4 is 10.2 Å². The van der Waals surface area contributed by atoms with E-state index in [2.05, 4.69) is 5.32 Å². The summed E-state index contributed by atoms with van der Waals surface area (Å²) < 4.78 is 0. The van der Waals surface area contributed by atoms with Crippen LogP contribution in [-0.4, -0.2) is 42.3 Å². The van der Waals surface area contributed by atoms with Crippen molar-refractivity contribution >= 4 is 39.7 Å². The van der Waals surface area contributed by atoms with Gasteiger partial charge < -0.3 is 15.1 Å². The number of anilines is 2. The van der Waals surface area contributed by atoms with Gasteiger partial charge in [-0.1, -0.05) is 30.3 Å². The minimum atomic E-state index is -0.266. The average molecular weight is 488 g/mol. The lowest BCUT2D eigenvalue weighted by molar-refractivity contribution is -0.117. The number of nitrogens with zero attached hydrogens (tertiary/aromatic N) is 2. The molecule has 7 heteroatoms. The summed E-state index contributed by atoms with van der Waals surface area (Å²) >= 11 is 1.45. The van der Waals surface area contributed by atoms with Crippen LogP contribution in [0.3, 0.4) is 0 Å². The van der Waals surface area contributed by atoms with Crippen molar-refractivity contribution in [3.63, 3.8) is 0 Å². The van der Waals surface area contributed by atoms with Gasteiger partial charge in [0.2, 0.25) is 5.91 Å². The van der Waals surface area contributed by atoms with Crippen LogP contribution >= 0.6 is 11.3 Å². The lowest BCUT2D eigenvalue weighted by Crippen LogP contribution is -2.36. The summed E-state index contributed by atoms with van der Waals surface area (Å²) in [6, 6.07) is 17.1. The van der Waals surface area contributed by atoms with E-state index in [9.17, 15) is 14.4 Å². The Labute approximate surface area is 209 Å².